The smallest absolute Gasteiger partial charge is 0.341 e. The summed E-state index contributed by atoms with van der Waals surface area (Å²) >= 11 is 12.3. The Balaban J connectivity index is 1.55. The Kier molecular flexibility index (Phi) is 8.31. The van der Waals surface area contributed by atoms with Crippen LogP contribution in [0.15, 0.2) is 30.3 Å². The van der Waals surface area contributed by atoms with Crippen molar-refractivity contribution in [3.05, 3.63) is 62.9 Å². The first kappa shape index (κ1) is 25.8. The van der Waals surface area contributed by atoms with E-state index < -0.39 is 17.4 Å². The van der Waals surface area contributed by atoms with Crippen molar-refractivity contribution in [2.45, 2.75) is 59.1 Å². The van der Waals surface area contributed by atoms with Gasteiger partial charge in [0, 0.05) is 22.2 Å². The molecule has 0 unspecified atom stereocenters. The summed E-state index contributed by atoms with van der Waals surface area (Å²) < 4.78 is 25.8. The predicted octanol–water partition coefficient (Wildman–Crippen LogP) is 7.25. The van der Waals surface area contributed by atoms with E-state index in [4.69, 9.17) is 32.7 Å². The van der Waals surface area contributed by atoms with Gasteiger partial charge < -0.3 is 9.47 Å². The third-order valence-electron chi connectivity index (χ3n) is 5.92. The highest BCUT2D eigenvalue weighted by Gasteiger charge is 2.26. The highest BCUT2D eigenvalue weighted by Crippen LogP contribution is 2.31. The number of benzene rings is 2. The van der Waals surface area contributed by atoms with E-state index in [0.717, 1.165) is 31.5 Å². The van der Waals surface area contributed by atoms with E-state index in [0.29, 0.717) is 33.9 Å². The number of ether oxygens (including phenoxy) is 2. The van der Waals surface area contributed by atoms with E-state index >= 15 is 0 Å². The lowest BCUT2D eigenvalue weighted by Gasteiger charge is -2.36. The molecule has 2 aromatic rings. The maximum atomic E-state index is 14.6. The summed E-state index contributed by atoms with van der Waals surface area (Å²) in [5.41, 5.74) is 1.07. The molecule has 0 aliphatic carbocycles. The van der Waals surface area contributed by atoms with E-state index in [9.17, 15) is 9.18 Å². The second kappa shape index (κ2) is 10.6. The molecule has 1 saturated heterocycles. The molecule has 0 N–H and O–H groups in total. The fourth-order valence-electron chi connectivity index (χ4n) is 4.05. The molecule has 0 amide bonds. The molecule has 1 atom stereocenters. The summed E-state index contributed by atoms with van der Waals surface area (Å²) in [6.45, 7) is 11.6. The Labute approximate surface area is 206 Å². The Hall–Kier alpha value is -1.82. The van der Waals surface area contributed by atoms with Gasteiger partial charge in [-0.25, -0.2) is 9.18 Å². The molecule has 0 saturated carbocycles. The zero-order valence-electron chi connectivity index (χ0n) is 19.9. The van der Waals surface area contributed by atoms with Gasteiger partial charge >= 0.3 is 5.97 Å². The number of nitrogens with zero attached hydrogens (tertiary/aromatic N) is 1. The largest absolute Gasteiger partial charge is 0.493 e. The minimum atomic E-state index is -0.683. The van der Waals surface area contributed by atoms with Gasteiger partial charge in [0.15, 0.2) is 0 Å². The molecule has 3 rings (SSSR count). The van der Waals surface area contributed by atoms with Gasteiger partial charge in [-0.05, 0) is 102 Å². The van der Waals surface area contributed by atoms with Gasteiger partial charge in [0.05, 0.1) is 12.2 Å². The van der Waals surface area contributed by atoms with Crippen LogP contribution in [0.3, 0.4) is 0 Å². The Morgan fingerprint density at radius 2 is 1.73 bits per heavy atom. The second-order valence-electron chi connectivity index (χ2n) is 9.77. The number of halogens is 3. The van der Waals surface area contributed by atoms with Gasteiger partial charge in [0.2, 0.25) is 0 Å². The number of carbonyl (C=O) groups is 1. The first-order valence-electron chi connectivity index (χ1n) is 11.3. The van der Waals surface area contributed by atoms with Crippen molar-refractivity contribution in [2.24, 2.45) is 5.92 Å². The molecule has 1 heterocycles. The molecule has 0 spiro atoms. The van der Waals surface area contributed by atoms with E-state index in [1.807, 2.05) is 19.1 Å². The van der Waals surface area contributed by atoms with Crippen molar-refractivity contribution in [3.63, 3.8) is 0 Å². The predicted molar refractivity (Wildman–Crippen MR) is 131 cm³/mol. The molecule has 4 nitrogen and oxygen atoms in total. The first-order valence-corrected chi connectivity index (χ1v) is 12.0. The standard InChI is InChI=1S/C26H32Cl2FNO3/c1-16-10-22(25(31)33-26(3,4)5)23(29)14-24(16)32-15-18-6-8-30(9-7-18)17(2)19-11-20(27)13-21(28)12-19/h10-14,17-18H,6-9,15H2,1-5H3/t17-/m0/s1. The van der Waals surface area contributed by atoms with Crippen LogP contribution in [0, 0.1) is 18.7 Å². The molecular formula is C26H32Cl2FNO3. The van der Waals surface area contributed by atoms with Crippen molar-refractivity contribution in [1.29, 1.82) is 0 Å². The van der Waals surface area contributed by atoms with Gasteiger partial charge in [0.25, 0.3) is 0 Å². The summed E-state index contributed by atoms with van der Waals surface area (Å²) in [7, 11) is 0. The molecule has 180 valence electrons. The molecule has 1 aliphatic rings. The Morgan fingerprint density at radius 1 is 1.12 bits per heavy atom. The van der Waals surface area contributed by atoms with Gasteiger partial charge in [-0.1, -0.05) is 23.2 Å². The first-order chi connectivity index (χ1) is 15.4. The number of hydrogen-bond acceptors (Lipinski definition) is 4. The van der Waals surface area contributed by atoms with Crippen molar-refractivity contribution in [2.75, 3.05) is 19.7 Å². The van der Waals surface area contributed by atoms with Gasteiger partial charge in [0.1, 0.15) is 17.2 Å². The van der Waals surface area contributed by atoms with Crippen LogP contribution in [0.1, 0.15) is 68.1 Å². The fraction of sp³-hybridized carbons (Fsp3) is 0.500. The maximum absolute atomic E-state index is 14.6. The van der Waals surface area contributed by atoms with Gasteiger partial charge in [-0.15, -0.1) is 0 Å². The van der Waals surface area contributed by atoms with E-state index in [1.54, 1.807) is 26.8 Å². The second-order valence-corrected chi connectivity index (χ2v) is 10.6. The molecule has 1 fully saturated rings. The average molecular weight is 496 g/mol. The summed E-state index contributed by atoms with van der Waals surface area (Å²) in [6, 6.07) is 8.68. The highest BCUT2D eigenvalue weighted by molar-refractivity contribution is 6.34. The molecule has 1 aliphatic heterocycles. The molecule has 2 aromatic carbocycles. The molecule has 0 aromatic heterocycles. The Bertz CT molecular complexity index is 978. The molecule has 0 radical (unpaired) electrons. The zero-order chi connectivity index (χ0) is 24.3. The van der Waals surface area contributed by atoms with Crippen LogP contribution in [0.5, 0.6) is 5.75 Å². The van der Waals surface area contributed by atoms with Gasteiger partial charge in [-0.3, -0.25) is 4.90 Å². The minimum absolute atomic E-state index is 0.0711. The third-order valence-corrected chi connectivity index (χ3v) is 6.36. The van der Waals surface area contributed by atoms with Crippen LogP contribution in [-0.2, 0) is 4.74 Å². The van der Waals surface area contributed by atoms with Crippen LogP contribution in [0.2, 0.25) is 10.0 Å². The lowest BCUT2D eigenvalue weighted by atomic mass is 9.95. The summed E-state index contributed by atoms with van der Waals surface area (Å²) in [6.07, 6.45) is 1.96. The van der Waals surface area contributed by atoms with Crippen molar-refractivity contribution >= 4 is 29.2 Å². The van der Waals surface area contributed by atoms with Crippen LogP contribution in [0.25, 0.3) is 0 Å². The van der Waals surface area contributed by atoms with E-state index in [2.05, 4.69) is 11.8 Å². The quantitative estimate of drug-likeness (QED) is 0.395. The number of hydrogen-bond donors (Lipinski definition) is 0. The van der Waals surface area contributed by atoms with Crippen LogP contribution >= 0.6 is 23.2 Å². The van der Waals surface area contributed by atoms with Crippen molar-refractivity contribution in [1.82, 2.24) is 4.90 Å². The fourth-order valence-corrected chi connectivity index (χ4v) is 4.59. The highest BCUT2D eigenvalue weighted by atomic mass is 35.5. The number of carbonyl (C=O) groups excluding carboxylic acids is 1. The lowest BCUT2D eigenvalue weighted by Crippen LogP contribution is -2.37. The summed E-state index contributed by atoms with van der Waals surface area (Å²) in [4.78, 5) is 14.7. The van der Waals surface area contributed by atoms with Crippen LogP contribution in [-0.4, -0.2) is 36.2 Å². The molecule has 33 heavy (non-hydrogen) atoms. The summed E-state index contributed by atoms with van der Waals surface area (Å²) in [5, 5.41) is 1.29. The van der Waals surface area contributed by atoms with E-state index in [1.165, 1.54) is 12.1 Å². The zero-order valence-corrected chi connectivity index (χ0v) is 21.4. The number of rotatable bonds is 6. The lowest BCUT2D eigenvalue weighted by molar-refractivity contribution is 0.00645. The normalized spacial score (nSPS) is 16.5. The van der Waals surface area contributed by atoms with Crippen molar-refractivity contribution < 1.29 is 18.7 Å². The van der Waals surface area contributed by atoms with Crippen LogP contribution in [0.4, 0.5) is 4.39 Å². The van der Waals surface area contributed by atoms with Crippen LogP contribution < -0.4 is 4.74 Å². The molecular weight excluding hydrogens is 464 g/mol. The minimum Gasteiger partial charge on any atom is -0.493 e. The number of esters is 1. The third kappa shape index (κ3) is 7.08. The van der Waals surface area contributed by atoms with E-state index in [-0.39, 0.29) is 11.6 Å². The van der Waals surface area contributed by atoms with Gasteiger partial charge in [-0.2, -0.15) is 0 Å². The molecule has 7 heteroatoms. The maximum Gasteiger partial charge on any atom is 0.341 e. The topological polar surface area (TPSA) is 38.8 Å². The monoisotopic (exact) mass is 495 g/mol. The number of piperidine rings is 1. The summed E-state index contributed by atoms with van der Waals surface area (Å²) in [5.74, 6) is -0.459. The molecule has 0 bridgehead atoms. The average Bonchev–Trinajstić information content (AvgIpc) is 2.72. The Morgan fingerprint density at radius 3 is 2.30 bits per heavy atom. The number of likely N-dealkylation sites (tertiary alicyclic amines) is 1. The number of aryl methyl sites for hydroxylation is 1. The SMILES string of the molecule is Cc1cc(C(=O)OC(C)(C)C)c(F)cc1OCC1CCN([C@@H](C)c2cc(Cl)cc(Cl)c2)CC1. The van der Waals surface area contributed by atoms with Crippen molar-refractivity contribution in [3.8, 4) is 5.75 Å².